The van der Waals surface area contributed by atoms with Crippen LogP contribution in [0.3, 0.4) is 0 Å². The van der Waals surface area contributed by atoms with Crippen LogP contribution in [0.2, 0.25) is 5.15 Å². The molecule has 3 rings (SSSR count). The minimum atomic E-state index is -0.526. The Labute approximate surface area is 125 Å². The Morgan fingerprint density at radius 1 is 1.14 bits per heavy atom. The molecule has 0 N–H and O–H groups in total. The Morgan fingerprint density at radius 3 is 2.62 bits per heavy atom. The SMILES string of the molecule is COC(=O)c1cc2nc(Cl)c(-c3ccccc3)nc2cn1. The lowest BCUT2D eigenvalue weighted by Gasteiger charge is -2.06. The first kappa shape index (κ1) is 13.5. The number of carbonyl (C=O) groups excluding carboxylic acids is 1. The van der Waals surface area contributed by atoms with Crippen molar-refractivity contribution in [3.05, 3.63) is 53.4 Å². The number of hydrogen-bond donors (Lipinski definition) is 0. The van der Waals surface area contributed by atoms with Crippen molar-refractivity contribution in [2.45, 2.75) is 0 Å². The van der Waals surface area contributed by atoms with Crippen LogP contribution in [0.15, 0.2) is 42.6 Å². The van der Waals surface area contributed by atoms with Gasteiger partial charge in [0.2, 0.25) is 0 Å². The van der Waals surface area contributed by atoms with Crippen molar-refractivity contribution in [1.82, 2.24) is 15.0 Å². The van der Waals surface area contributed by atoms with Gasteiger partial charge < -0.3 is 4.74 Å². The predicted molar refractivity (Wildman–Crippen MR) is 79.1 cm³/mol. The molecule has 0 unspecified atom stereocenters. The number of esters is 1. The van der Waals surface area contributed by atoms with E-state index in [1.807, 2.05) is 30.3 Å². The smallest absolute Gasteiger partial charge is 0.356 e. The van der Waals surface area contributed by atoms with E-state index >= 15 is 0 Å². The van der Waals surface area contributed by atoms with Gasteiger partial charge >= 0.3 is 5.97 Å². The van der Waals surface area contributed by atoms with E-state index < -0.39 is 5.97 Å². The number of halogens is 1. The molecular formula is C15H10ClN3O2. The summed E-state index contributed by atoms with van der Waals surface area (Å²) >= 11 is 6.19. The van der Waals surface area contributed by atoms with Crippen molar-refractivity contribution >= 4 is 28.6 Å². The number of hydrogen-bond acceptors (Lipinski definition) is 5. The molecule has 0 radical (unpaired) electrons. The number of ether oxygens (including phenoxy) is 1. The molecule has 0 spiro atoms. The normalized spacial score (nSPS) is 10.6. The molecule has 2 aromatic heterocycles. The predicted octanol–water partition coefficient (Wildman–Crippen LogP) is 3.13. The van der Waals surface area contributed by atoms with Gasteiger partial charge in [-0.1, -0.05) is 41.9 Å². The van der Waals surface area contributed by atoms with Gasteiger partial charge in [-0.3, -0.25) is 0 Å². The minimum absolute atomic E-state index is 0.169. The highest BCUT2D eigenvalue weighted by molar-refractivity contribution is 6.32. The lowest BCUT2D eigenvalue weighted by Crippen LogP contribution is -2.04. The lowest BCUT2D eigenvalue weighted by atomic mass is 10.1. The quantitative estimate of drug-likeness (QED) is 0.680. The second-order valence-electron chi connectivity index (χ2n) is 4.28. The van der Waals surface area contributed by atoms with Gasteiger partial charge in [-0.15, -0.1) is 0 Å². The van der Waals surface area contributed by atoms with E-state index in [2.05, 4.69) is 19.7 Å². The monoisotopic (exact) mass is 299 g/mol. The van der Waals surface area contributed by atoms with Crippen molar-refractivity contribution in [3.63, 3.8) is 0 Å². The van der Waals surface area contributed by atoms with Crippen LogP contribution in [-0.4, -0.2) is 28.0 Å². The fourth-order valence-corrected chi connectivity index (χ4v) is 2.18. The second kappa shape index (κ2) is 5.46. The summed E-state index contributed by atoms with van der Waals surface area (Å²) in [6, 6.07) is 11.0. The molecule has 5 nitrogen and oxygen atoms in total. The van der Waals surface area contributed by atoms with Crippen molar-refractivity contribution in [3.8, 4) is 11.3 Å². The van der Waals surface area contributed by atoms with Gasteiger partial charge in [0.25, 0.3) is 0 Å². The third kappa shape index (κ3) is 2.55. The fourth-order valence-electron chi connectivity index (χ4n) is 1.93. The minimum Gasteiger partial charge on any atom is -0.464 e. The molecule has 0 atom stereocenters. The molecule has 0 saturated carbocycles. The van der Waals surface area contributed by atoms with E-state index in [0.29, 0.717) is 16.7 Å². The summed E-state index contributed by atoms with van der Waals surface area (Å²) in [6.07, 6.45) is 1.48. The van der Waals surface area contributed by atoms with E-state index in [9.17, 15) is 4.79 Å². The van der Waals surface area contributed by atoms with E-state index in [4.69, 9.17) is 11.6 Å². The maximum absolute atomic E-state index is 11.5. The molecular weight excluding hydrogens is 290 g/mol. The van der Waals surface area contributed by atoms with Crippen LogP contribution in [0.4, 0.5) is 0 Å². The third-order valence-electron chi connectivity index (χ3n) is 2.95. The van der Waals surface area contributed by atoms with E-state index in [-0.39, 0.29) is 10.8 Å². The standard InChI is InChI=1S/C15H10ClN3O2/c1-21-15(20)11-7-10-12(8-17-11)18-13(14(16)19-10)9-5-3-2-4-6-9/h2-8H,1H3. The molecule has 0 aliphatic rings. The zero-order valence-corrected chi connectivity index (χ0v) is 11.8. The molecule has 0 aliphatic heterocycles. The molecule has 21 heavy (non-hydrogen) atoms. The summed E-state index contributed by atoms with van der Waals surface area (Å²) in [5.41, 5.74) is 2.68. The van der Waals surface area contributed by atoms with Gasteiger partial charge in [-0.05, 0) is 6.07 Å². The second-order valence-corrected chi connectivity index (χ2v) is 4.64. The van der Waals surface area contributed by atoms with Gasteiger partial charge in [-0.25, -0.2) is 19.7 Å². The Morgan fingerprint density at radius 2 is 1.90 bits per heavy atom. The molecule has 0 aliphatic carbocycles. The largest absolute Gasteiger partial charge is 0.464 e. The topological polar surface area (TPSA) is 65.0 Å². The summed E-state index contributed by atoms with van der Waals surface area (Å²) in [6.45, 7) is 0. The highest BCUT2D eigenvalue weighted by Crippen LogP contribution is 2.26. The Hall–Kier alpha value is -2.53. The van der Waals surface area contributed by atoms with Gasteiger partial charge in [-0.2, -0.15) is 0 Å². The molecule has 0 saturated heterocycles. The summed E-state index contributed by atoms with van der Waals surface area (Å²) in [4.78, 5) is 24.2. The molecule has 6 heteroatoms. The number of benzene rings is 1. The molecule has 0 fully saturated rings. The van der Waals surface area contributed by atoms with Crippen molar-refractivity contribution in [1.29, 1.82) is 0 Å². The number of fused-ring (bicyclic) bond motifs is 1. The van der Waals surface area contributed by atoms with Gasteiger partial charge in [0, 0.05) is 5.56 Å². The van der Waals surface area contributed by atoms with Crippen molar-refractivity contribution in [2.24, 2.45) is 0 Å². The highest BCUT2D eigenvalue weighted by Gasteiger charge is 2.13. The summed E-state index contributed by atoms with van der Waals surface area (Å²) in [7, 11) is 1.30. The van der Waals surface area contributed by atoms with Crippen molar-refractivity contribution < 1.29 is 9.53 Å². The van der Waals surface area contributed by atoms with E-state index in [0.717, 1.165) is 5.56 Å². The zero-order valence-electron chi connectivity index (χ0n) is 11.1. The van der Waals surface area contributed by atoms with Crippen LogP contribution in [0.5, 0.6) is 0 Å². The van der Waals surface area contributed by atoms with Crippen LogP contribution in [0.25, 0.3) is 22.3 Å². The van der Waals surface area contributed by atoms with Gasteiger partial charge in [0.1, 0.15) is 11.2 Å². The average Bonchev–Trinajstić information content (AvgIpc) is 2.53. The van der Waals surface area contributed by atoms with Crippen molar-refractivity contribution in [2.75, 3.05) is 7.11 Å². The zero-order chi connectivity index (χ0) is 14.8. The summed E-state index contributed by atoms with van der Waals surface area (Å²) in [5, 5.41) is 0.274. The first-order valence-corrected chi connectivity index (χ1v) is 6.54. The third-order valence-corrected chi connectivity index (χ3v) is 3.21. The van der Waals surface area contributed by atoms with Crippen LogP contribution in [0, 0.1) is 0 Å². The number of rotatable bonds is 2. The number of carbonyl (C=O) groups is 1. The Balaban J connectivity index is 2.15. The first-order chi connectivity index (χ1) is 10.2. The van der Waals surface area contributed by atoms with E-state index in [1.165, 1.54) is 19.4 Å². The molecule has 104 valence electrons. The highest BCUT2D eigenvalue weighted by atomic mass is 35.5. The van der Waals surface area contributed by atoms with Crippen LogP contribution in [0.1, 0.15) is 10.5 Å². The Kier molecular flexibility index (Phi) is 3.50. The fraction of sp³-hybridized carbons (Fsp3) is 0.0667. The average molecular weight is 300 g/mol. The van der Waals surface area contributed by atoms with Gasteiger partial charge in [0.15, 0.2) is 10.8 Å². The number of aromatic nitrogens is 3. The molecule has 0 amide bonds. The summed E-state index contributed by atoms with van der Waals surface area (Å²) < 4.78 is 4.63. The lowest BCUT2D eigenvalue weighted by molar-refractivity contribution is 0.0594. The molecule has 1 aromatic carbocycles. The number of methoxy groups -OCH3 is 1. The Bertz CT molecular complexity index is 822. The summed E-state index contributed by atoms with van der Waals surface area (Å²) in [5.74, 6) is -0.526. The maximum atomic E-state index is 11.5. The van der Waals surface area contributed by atoms with Crippen LogP contribution < -0.4 is 0 Å². The van der Waals surface area contributed by atoms with Crippen LogP contribution >= 0.6 is 11.6 Å². The molecule has 2 heterocycles. The number of nitrogens with zero attached hydrogens (tertiary/aromatic N) is 3. The maximum Gasteiger partial charge on any atom is 0.356 e. The van der Waals surface area contributed by atoms with Crippen LogP contribution in [-0.2, 0) is 4.74 Å². The molecule has 3 aromatic rings. The number of pyridine rings is 1. The molecule has 0 bridgehead atoms. The van der Waals surface area contributed by atoms with Gasteiger partial charge in [0.05, 0.1) is 18.8 Å². The van der Waals surface area contributed by atoms with E-state index in [1.54, 1.807) is 0 Å². The first-order valence-electron chi connectivity index (χ1n) is 6.16.